The predicted octanol–water partition coefficient (Wildman–Crippen LogP) is 3.25. The van der Waals surface area contributed by atoms with Gasteiger partial charge in [0.2, 0.25) is 0 Å². The number of methoxy groups -OCH3 is 1. The van der Waals surface area contributed by atoms with Crippen molar-refractivity contribution in [3.05, 3.63) is 29.8 Å². The Kier molecular flexibility index (Phi) is 5.65. The SMILES string of the molecule is COc1ccccc1CC(C)N(C)CC1(O)CCCCC1. The summed E-state index contributed by atoms with van der Waals surface area (Å²) >= 11 is 0. The molecule has 0 aliphatic heterocycles. The summed E-state index contributed by atoms with van der Waals surface area (Å²) in [4.78, 5) is 2.29. The van der Waals surface area contributed by atoms with Gasteiger partial charge in [0.15, 0.2) is 0 Å². The van der Waals surface area contributed by atoms with Crippen molar-refractivity contribution < 1.29 is 9.84 Å². The third-order valence-electron chi connectivity index (χ3n) is 4.79. The molecule has 2 rings (SSSR count). The summed E-state index contributed by atoms with van der Waals surface area (Å²) in [6, 6.07) is 8.57. The summed E-state index contributed by atoms with van der Waals surface area (Å²) < 4.78 is 5.43. The zero-order valence-corrected chi connectivity index (χ0v) is 13.6. The molecule has 21 heavy (non-hydrogen) atoms. The van der Waals surface area contributed by atoms with Gasteiger partial charge in [-0.1, -0.05) is 37.5 Å². The van der Waals surface area contributed by atoms with Crippen LogP contribution in [-0.2, 0) is 6.42 Å². The standard InChI is InChI=1S/C18H29NO2/c1-15(13-16-9-5-6-10-17(16)21-3)19(2)14-18(20)11-7-4-8-12-18/h5-6,9-10,15,20H,4,7-8,11-14H2,1-3H3. The molecule has 0 spiro atoms. The molecule has 0 saturated heterocycles. The molecule has 3 nitrogen and oxygen atoms in total. The van der Waals surface area contributed by atoms with E-state index in [1.54, 1.807) is 7.11 Å². The van der Waals surface area contributed by atoms with Crippen molar-refractivity contribution in [3.63, 3.8) is 0 Å². The Morgan fingerprint density at radius 3 is 2.57 bits per heavy atom. The van der Waals surface area contributed by atoms with Crippen LogP contribution in [0.4, 0.5) is 0 Å². The second-order valence-corrected chi connectivity index (χ2v) is 6.57. The fourth-order valence-corrected chi connectivity index (χ4v) is 3.33. The van der Waals surface area contributed by atoms with Gasteiger partial charge >= 0.3 is 0 Å². The number of benzene rings is 1. The average molecular weight is 291 g/mol. The van der Waals surface area contributed by atoms with E-state index in [1.807, 2.05) is 12.1 Å². The van der Waals surface area contributed by atoms with Crippen LogP contribution in [0.1, 0.15) is 44.6 Å². The summed E-state index contributed by atoms with van der Waals surface area (Å²) in [6.07, 6.45) is 6.41. The minimum Gasteiger partial charge on any atom is -0.496 e. The minimum atomic E-state index is -0.484. The first-order chi connectivity index (χ1) is 10.0. The van der Waals surface area contributed by atoms with Crippen molar-refractivity contribution in [1.29, 1.82) is 0 Å². The van der Waals surface area contributed by atoms with Gasteiger partial charge < -0.3 is 14.7 Å². The van der Waals surface area contributed by atoms with Crippen LogP contribution in [-0.4, -0.2) is 42.4 Å². The lowest BCUT2D eigenvalue weighted by atomic mass is 9.84. The van der Waals surface area contributed by atoms with Crippen LogP contribution in [0.5, 0.6) is 5.75 Å². The number of ether oxygens (including phenoxy) is 1. The molecule has 1 atom stereocenters. The van der Waals surface area contributed by atoms with Gasteiger partial charge in [0.1, 0.15) is 5.75 Å². The second-order valence-electron chi connectivity index (χ2n) is 6.57. The van der Waals surface area contributed by atoms with E-state index in [0.717, 1.165) is 44.4 Å². The molecule has 0 radical (unpaired) electrons. The maximum Gasteiger partial charge on any atom is 0.122 e. The Balaban J connectivity index is 1.94. The van der Waals surface area contributed by atoms with Crippen LogP contribution in [0.3, 0.4) is 0 Å². The van der Waals surface area contributed by atoms with Crippen LogP contribution in [0.15, 0.2) is 24.3 Å². The summed E-state index contributed by atoms with van der Waals surface area (Å²) in [5.74, 6) is 0.953. The van der Waals surface area contributed by atoms with Crippen molar-refractivity contribution >= 4 is 0 Å². The van der Waals surface area contributed by atoms with Crippen LogP contribution in [0.2, 0.25) is 0 Å². The molecule has 1 N–H and O–H groups in total. The molecule has 0 aromatic heterocycles. The third-order valence-corrected chi connectivity index (χ3v) is 4.79. The number of rotatable bonds is 6. The number of likely N-dealkylation sites (N-methyl/N-ethyl adjacent to an activating group) is 1. The van der Waals surface area contributed by atoms with Crippen molar-refractivity contribution in [1.82, 2.24) is 4.90 Å². The lowest BCUT2D eigenvalue weighted by Crippen LogP contribution is -2.46. The molecule has 1 unspecified atom stereocenters. The molecule has 0 heterocycles. The first-order valence-electron chi connectivity index (χ1n) is 8.08. The monoisotopic (exact) mass is 291 g/mol. The highest BCUT2D eigenvalue weighted by Crippen LogP contribution is 2.29. The fraction of sp³-hybridized carbons (Fsp3) is 0.667. The second kappa shape index (κ2) is 7.28. The topological polar surface area (TPSA) is 32.7 Å². The van der Waals surface area contributed by atoms with Crippen LogP contribution in [0, 0.1) is 0 Å². The molecule has 1 aliphatic carbocycles. The normalized spacial score (nSPS) is 19.5. The van der Waals surface area contributed by atoms with Gasteiger partial charge in [0.25, 0.3) is 0 Å². The molecule has 118 valence electrons. The number of hydrogen-bond donors (Lipinski definition) is 1. The first kappa shape index (κ1) is 16.3. The van der Waals surface area contributed by atoms with E-state index in [4.69, 9.17) is 4.74 Å². The van der Waals surface area contributed by atoms with Gasteiger partial charge in [-0.05, 0) is 44.9 Å². The van der Waals surface area contributed by atoms with Gasteiger partial charge in [-0.3, -0.25) is 0 Å². The first-order valence-corrected chi connectivity index (χ1v) is 8.08. The maximum atomic E-state index is 10.7. The molecule has 1 aliphatic rings. The summed E-state index contributed by atoms with van der Waals surface area (Å²) in [5, 5.41) is 10.7. The van der Waals surface area contributed by atoms with Crippen molar-refractivity contribution in [3.8, 4) is 5.75 Å². The van der Waals surface area contributed by atoms with E-state index in [9.17, 15) is 5.11 Å². The van der Waals surface area contributed by atoms with E-state index in [2.05, 4.69) is 31.0 Å². The Bertz CT molecular complexity index is 441. The van der Waals surface area contributed by atoms with Crippen LogP contribution in [0.25, 0.3) is 0 Å². The highest BCUT2D eigenvalue weighted by atomic mass is 16.5. The Morgan fingerprint density at radius 2 is 1.90 bits per heavy atom. The van der Waals surface area contributed by atoms with Crippen LogP contribution >= 0.6 is 0 Å². The highest BCUT2D eigenvalue weighted by Gasteiger charge is 2.31. The van der Waals surface area contributed by atoms with Crippen molar-refractivity contribution in [2.24, 2.45) is 0 Å². The molecule has 0 bridgehead atoms. The highest BCUT2D eigenvalue weighted by molar-refractivity contribution is 5.33. The Hall–Kier alpha value is -1.06. The summed E-state index contributed by atoms with van der Waals surface area (Å²) in [6.45, 7) is 2.99. The number of aliphatic hydroxyl groups is 1. The third kappa shape index (κ3) is 4.45. The number of hydrogen-bond acceptors (Lipinski definition) is 3. The molecule has 1 fully saturated rings. The average Bonchev–Trinajstić information content (AvgIpc) is 2.48. The zero-order chi connectivity index (χ0) is 15.3. The molecular weight excluding hydrogens is 262 g/mol. The van der Waals surface area contributed by atoms with E-state index in [1.165, 1.54) is 12.0 Å². The maximum absolute atomic E-state index is 10.7. The molecule has 1 saturated carbocycles. The zero-order valence-electron chi connectivity index (χ0n) is 13.6. The number of para-hydroxylation sites is 1. The van der Waals surface area contributed by atoms with Gasteiger partial charge in [0.05, 0.1) is 12.7 Å². The number of nitrogens with zero attached hydrogens (tertiary/aromatic N) is 1. The molecular formula is C18H29NO2. The Labute approximate surface area is 128 Å². The van der Waals surface area contributed by atoms with E-state index < -0.39 is 5.60 Å². The van der Waals surface area contributed by atoms with E-state index in [-0.39, 0.29) is 0 Å². The van der Waals surface area contributed by atoms with Crippen molar-refractivity contribution in [2.75, 3.05) is 20.7 Å². The summed E-state index contributed by atoms with van der Waals surface area (Å²) in [5.41, 5.74) is 0.747. The van der Waals surface area contributed by atoms with Gasteiger partial charge in [0, 0.05) is 12.6 Å². The van der Waals surface area contributed by atoms with Crippen LogP contribution < -0.4 is 4.74 Å². The fourth-order valence-electron chi connectivity index (χ4n) is 3.33. The lowest BCUT2D eigenvalue weighted by molar-refractivity contribution is -0.0278. The molecule has 3 heteroatoms. The quantitative estimate of drug-likeness (QED) is 0.873. The smallest absolute Gasteiger partial charge is 0.122 e. The predicted molar refractivity (Wildman–Crippen MR) is 86.8 cm³/mol. The summed E-state index contributed by atoms with van der Waals surface area (Å²) in [7, 11) is 3.84. The van der Waals surface area contributed by atoms with Gasteiger partial charge in [-0.25, -0.2) is 0 Å². The molecule has 1 aromatic rings. The largest absolute Gasteiger partial charge is 0.496 e. The van der Waals surface area contributed by atoms with Crippen molar-refractivity contribution in [2.45, 2.75) is 57.1 Å². The molecule has 0 amide bonds. The Morgan fingerprint density at radius 1 is 1.24 bits per heavy atom. The lowest BCUT2D eigenvalue weighted by Gasteiger charge is -2.38. The molecule has 1 aromatic carbocycles. The van der Waals surface area contributed by atoms with E-state index >= 15 is 0 Å². The van der Waals surface area contributed by atoms with Gasteiger partial charge in [-0.15, -0.1) is 0 Å². The van der Waals surface area contributed by atoms with E-state index in [0.29, 0.717) is 6.04 Å². The minimum absolute atomic E-state index is 0.382. The van der Waals surface area contributed by atoms with Gasteiger partial charge in [-0.2, -0.15) is 0 Å².